The minimum absolute atomic E-state index is 1.25. The molecule has 0 heterocycles. The molecule has 1 N–H and O–H groups in total. The van der Waals surface area contributed by atoms with Crippen molar-refractivity contribution in [2.24, 2.45) is 0 Å². The molecule has 1 nitrogen and oxygen atoms in total. The van der Waals surface area contributed by atoms with Gasteiger partial charge < -0.3 is 5.32 Å². The van der Waals surface area contributed by atoms with Crippen LogP contribution in [-0.2, 0) is 25.7 Å². The monoisotopic (exact) mass is 213 g/mol. The smallest absolute Gasteiger partial charge is 0.0450 e. The highest BCUT2D eigenvalue weighted by molar-refractivity contribution is 5.69. The van der Waals surface area contributed by atoms with Gasteiger partial charge in [0.25, 0.3) is 0 Å². The standard InChI is InChI=1S/C15H19N/c1-3-16-15-13-8-4-6-11(13)10(2)12-7-5-9-14(12)15/h3,16H,1,4-9H2,2H3. The second kappa shape index (κ2) is 3.65. The Balaban J connectivity index is 2.27. The molecule has 2 aliphatic rings. The van der Waals surface area contributed by atoms with Gasteiger partial charge in [-0.2, -0.15) is 0 Å². The number of rotatable bonds is 2. The topological polar surface area (TPSA) is 12.0 Å². The Morgan fingerprint density at radius 1 is 0.938 bits per heavy atom. The zero-order chi connectivity index (χ0) is 11.1. The summed E-state index contributed by atoms with van der Waals surface area (Å²) in [5.41, 5.74) is 9.42. The highest BCUT2D eigenvalue weighted by Crippen LogP contribution is 2.41. The fourth-order valence-electron chi connectivity index (χ4n) is 3.51. The number of anilines is 1. The van der Waals surface area contributed by atoms with Crippen LogP contribution in [-0.4, -0.2) is 0 Å². The number of hydrogen-bond donors (Lipinski definition) is 1. The fraction of sp³-hybridized carbons (Fsp3) is 0.467. The van der Waals surface area contributed by atoms with E-state index in [0.717, 1.165) is 0 Å². The summed E-state index contributed by atoms with van der Waals surface area (Å²) in [6.07, 6.45) is 9.54. The van der Waals surface area contributed by atoms with Crippen molar-refractivity contribution in [2.45, 2.75) is 45.4 Å². The van der Waals surface area contributed by atoms with Gasteiger partial charge in [0.2, 0.25) is 0 Å². The lowest BCUT2D eigenvalue weighted by Gasteiger charge is -2.17. The van der Waals surface area contributed by atoms with E-state index in [1.165, 1.54) is 44.2 Å². The van der Waals surface area contributed by atoms with Crippen molar-refractivity contribution in [2.75, 3.05) is 5.32 Å². The van der Waals surface area contributed by atoms with Crippen molar-refractivity contribution in [3.8, 4) is 0 Å². The van der Waals surface area contributed by atoms with Crippen LogP contribution < -0.4 is 5.32 Å². The number of fused-ring (bicyclic) bond motifs is 2. The van der Waals surface area contributed by atoms with Crippen molar-refractivity contribution in [1.82, 2.24) is 0 Å². The molecule has 0 atom stereocenters. The van der Waals surface area contributed by atoms with E-state index in [9.17, 15) is 0 Å². The summed E-state index contributed by atoms with van der Waals surface area (Å²) >= 11 is 0. The minimum atomic E-state index is 1.25. The first kappa shape index (κ1) is 9.95. The molecule has 0 unspecified atom stereocenters. The molecule has 2 aliphatic carbocycles. The molecule has 0 saturated carbocycles. The molecule has 0 amide bonds. The Bertz CT molecular complexity index is 422. The summed E-state index contributed by atoms with van der Waals surface area (Å²) in [5, 5.41) is 3.40. The van der Waals surface area contributed by atoms with Gasteiger partial charge in [0.15, 0.2) is 0 Å². The van der Waals surface area contributed by atoms with Crippen LogP contribution in [0.15, 0.2) is 12.8 Å². The Labute approximate surface area is 97.6 Å². The predicted octanol–water partition coefficient (Wildman–Crippen LogP) is 3.53. The maximum absolute atomic E-state index is 3.82. The van der Waals surface area contributed by atoms with Crippen molar-refractivity contribution in [3.05, 3.63) is 40.6 Å². The van der Waals surface area contributed by atoms with Crippen molar-refractivity contribution in [3.63, 3.8) is 0 Å². The molecular formula is C15H19N. The minimum Gasteiger partial charge on any atom is -0.362 e. The summed E-state index contributed by atoms with van der Waals surface area (Å²) in [5.74, 6) is 0. The third-order valence-corrected chi connectivity index (χ3v) is 4.19. The molecule has 1 aromatic carbocycles. The molecule has 0 saturated heterocycles. The molecule has 0 radical (unpaired) electrons. The molecule has 1 aromatic rings. The first-order chi connectivity index (χ1) is 7.83. The summed E-state index contributed by atoms with van der Waals surface area (Å²) < 4.78 is 0. The molecule has 0 fully saturated rings. The zero-order valence-corrected chi connectivity index (χ0v) is 10.0. The lowest BCUT2D eigenvalue weighted by atomic mass is 9.93. The summed E-state index contributed by atoms with van der Waals surface area (Å²) in [4.78, 5) is 0. The summed E-state index contributed by atoms with van der Waals surface area (Å²) in [7, 11) is 0. The third kappa shape index (κ3) is 1.24. The van der Waals surface area contributed by atoms with Crippen LogP contribution >= 0.6 is 0 Å². The van der Waals surface area contributed by atoms with Crippen LogP contribution in [0.4, 0.5) is 5.69 Å². The Morgan fingerprint density at radius 3 is 1.94 bits per heavy atom. The molecule has 0 bridgehead atoms. The summed E-state index contributed by atoms with van der Waals surface area (Å²) in [6.45, 7) is 6.14. The molecule has 0 spiro atoms. The van der Waals surface area contributed by atoms with E-state index in [2.05, 4.69) is 18.8 Å². The largest absolute Gasteiger partial charge is 0.362 e. The first-order valence-corrected chi connectivity index (χ1v) is 6.36. The normalized spacial score (nSPS) is 17.1. The molecule has 84 valence electrons. The predicted molar refractivity (Wildman–Crippen MR) is 69.0 cm³/mol. The molecule has 0 aliphatic heterocycles. The van der Waals surface area contributed by atoms with Gasteiger partial charge in [0.05, 0.1) is 0 Å². The second-order valence-electron chi connectivity index (χ2n) is 4.97. The van der Waals surface area contributed by atoms with Crippen LogP contribution in [0.2, 0.25) is 0 Å². The van der Waals surface area contributed by atoms with Crippen LogP contribution in [0.3, 0.4) is 0 Å². The number of hydrogen-bond acceptors (Lipinski definition) is 1. The van der Waals surface area contributed by atoms with Gasteiger partial charge in [-0.15, -0.1) is 0 Å². The van der Waals surface area contributed by atoms with Gasteiger partial charge in [0, 0.05) is 5.69 Å². The summed E-state index contributed by atoms with van der Waals surface area (Å²) in [6, 6.07) is 0. The second-order valence-corrected chi connectivity index (χ2v) is 4.97. The molecular weight excluding hydrogens is 194 g/mol. The van der Waals surface area contributed by atoms with Crippen molar-refractivity contribution < 1.29 is 0 Å². The van der Waals surface area contributed by atoms with E-state index in [1.54, 1.807) is 27.8 Å². The SMILES string of the molecule is C=CNc1c2c(c(C)c3c1CCC3)CCC2. The van der Waals surface area contributed by atoms with Gasteiger partial charge in [-0.3, -0.25) is 0 Å². The van der Waals surface area contributed by atoms with Crippen molar-refractivity contribution in [1.29, 1.82) is 0 Å². The van der Waals surface area contributed by atoms with Crippen molar-refractivity contribution >= 4 is 5.69 Å². The van der Waals surface area contributed by atoms with Gasteiger partial charge in [0.1, 0.15) is 0 Å². The molecule has 0 aromatic heterocycles. The van der Waals surface area contributed by atoms with Crippen LogP contribution in [0, 0.1) is 6.92 Å². The fourth-order valence-corrected chi connectivity index (χ4v) is 3.51. The van der Waals surface area contributed by atoms with Crippen LogP contribution in [0.25, 0.3) is 0 Å². The van der Waals surface area contributed by atoms with Crippen LogP contribution in [0.1, 0.15) is 40.7 Å². The van der Waals surface area contributed by atoms with Crippen LogP contribution in [0.5, 0.6) is 0 Å². The van der Waals surface area contributed by atoms with E-state index in [4.69, 9.17) is 0 Å². The Kier molecular flexibility index (Phi) is 2.27. The quantitative estimate of drug-likeness (QED) is 0.792. The van der Waals surface area contributed by atoms with E-state index >= 15 is 0 Å². The van der Waals surface area contributed by atoms with E-state index in [0.29, 0.717) is 0 Å². The zero-order valence-electron chi connectivity index (χ0n) is 10.0. The van der Waals surface area contributed by atoms with E-state index in [-0.39, 0.29) is 0 Å². The highest BCUT2D eigenvalue weighted by atomic mass is 14.8. The lowest BCUT2D eigenvalue weighted by Crippen LogP contribution is -2.03. The van der Waals surface area contributed by atoms with Gasteiger partial charge >= 0.3 is 0 Å². The average Bonchev–Trinajstić information content (AvgIpc) is 2.92. The molecule has 3 rings (SSSR count). The first-order valence-electron chi connectivity index (χ1n) is 6.36. The number of benzene rings is 1. The van der Waals surface area contributed by atoms with Gasteiger partial charge in [-0.25, -0.2) is 0 Å². The average molecular weight is 213 g/mol. The molecule has 1 heteroatoms. The van der Waals surface area contributed by atoms with E-state index in [1.807, 2.05) is 6.20 Å². The lowest BCUT2D eigenvalue weighted by molar-refractivity contribution is 0.893. The van der Waals surface area contributed by atoms with E-state index < -0.39 is 0 Å². The third-order valence-electron chi connectivity index (χ3n) is 4.19. The molecule has 16 heavy (non-hydrogen) atoms. The number of nitrogens with one attached hydrogen (secondary N) is 1. The Hall–Kier alpha value is -1.24. The van der Waals surface area contributed by atoms with Gasteiger partial charge in [-0.05, 0) is 79.5 Å². The van der Waals surface area contributed by atoms with Gasteiger partial charge in [-0.1, -0.05) is 6.58 Å². The maximum atomic E-state index is 3.82. The highest BCUT2D eigenvalue weighted by Gasteiger charge is 2.26. The maximum Gasteiger partial charge on any atom is 0.0450 e. The Morgan fingerprint density at radius 2 is 1.44 bits per heavy atom.